The van der Waals surface area contributed by atoms with Gasteiger partial charge in [-0.15, -0.1) is 0 Å². The molecule has 106 valence electrons. The molecule has 1 heterocycles. The Hall–Kier alpha value is -1.58. The first-order valence-corrected chi connectivity index (χ1v) is 7.66. The van der Waals surface area contributed by atoms with E-state index in [1.165, 1.54) is 19.3 Å². The lowest BCUT2D eigenvalue weighted by Crippen LogP contribution is -2.51. The van der Waals surface area contributed by atoms with Crippen molar-refractivity contribution in [2.24, 2.45) is 23.2 Å². The molecule has 4 aliphatic carbocycles. The second kappa shape index (κ2) is 4.21. The van der Waals surface area contributed by atoms with Crippen LogP contribution in [0.1, 0.15) is 38.5 Å². The van der Waals surface area contributed by atoms with Crippen molar-refractivity contribution < 1.29 is 4.79 Å². The van der Waals surface area contributed by atoms with Gasteiger partial charge in [-0.2, -0.15) is 0 Å². The first kappa shape index (κ1) is 12.2. The van der Waals surface area contributed by atoms with E-state index in [4.69, 9.17) is 5.73 Å². The molecular formula is C16H21N3O. The van der Waals surface area contributed by atoms with E-state index in [9.17, 15) is 4.79 Å². The summed E-state index contributed by atoms with van der Waals surface area (Å²) >= 11 is 0. The topological polar surface area (TPSA) is 68.0 Å². The molecule has 0 saturated heterocycles. The van der Waals surface area contributed by atoms with Gasteiger partial charge in [-0.1, -0.05) is 0 Å². The number of pyridine rings is 1. The highest BCUT2D eigenvalue weighted by Gasteiger charge is 2.54. The number of nitrogens with one attached hydrogen (secondary N) is 1. The molecule has 0 aromatic carbocycles. The number of nitrogens with two attached hydrogens (primary N) is 1. The van der Waals surface area contributed by atoms with Crippen molar-refractivity contribution in [1.82, 2.24) is 4.98 Å². The van der Waals surface area contributed by atoms with Crippen LogP contribution in [-0.4, -0.2) is 10.9 Å². The minimum absolute atomic E-state index is 0.101. The molecule has 20 heavy (non-hydrogen) atoms. The molecule has 4 saturated carbocycles. The van der Waals surface area contributed by atoms with E-state index in [0.29, 0.717) is 5.82 Å². The van der Waals surface area contributed by atoms with E-state index in [2.05, 4.69) is 10.3 Å². The number of nitrogens with zero attached hydrogens (tertiary/aromatic N) is 1. The maximum atomic E-state index is 12.8. The summed E-state index contributed by atoms with van der Waals surface area (Å²) in [6.07, 6.45) is 8.99. The molecule has 0 radical (unpaired) electrons. The van der Waals surface area contributed by atoms with E-state index in [1.807, 2.05) is 6.07 Å². The monoisotopic (exact) mass is 271 g/mol. The lowest BCUT2D eigenvalue weighted by Gasteiger charge is -2.55. The summed E-state index contributed by atoms with van der Waals surface area (Å²) < 4.78 is 0. The molecule has 3 N–H and O–H groups in total. The zero-order chi connectivity index (χ0) is 13.7. The van der Waals surface area contributed by atoms with Crippen molar-refractivity contribution in [2.45, 2.75) is 38.5 Å². The zero-order valence-corrected chi connectivity index (χ0v) is 11.6. The SMILES string of the molecule is Nc1ccc(NC(=O)C23CC4CC(CC(C4)C2)C3)cn1. The number of nitrogen functional groups attached to an aromatic ring is 1. The van der Waals surface area contributed by atoms with Gasteiger partial charge in [-0.3, -0.25) is 4.79 Å². The summed E-state index contributed by atoms with van der Waals surface area (Å²) in [5, 5.41) is 3.07. The summed E-state index contributed by atoms with van der Waals surface area (Å²) in [6, 6.07) is 3.57. The number of hydrogen-bond acceptors (Lipinski definition) is 3. The maximum Gasteiger partial charge on any atom is 0.230 e. The fourth-order valence-electron chi connectivity index (χ4n) is 5.13. The van der Waals surface area contributed by atoms with E-state index in [0.717, 1.165) is 42.7 Å². The second-order valence-electron chi connectivity index (χ2n) is 7.12. The molecule has 0 aliphatic heterocycles. The highest BCUT2D eigenvalue weighted by molar-refractivity contribution is 5.95. The van der Waals surface area contributed by atoms with Gasteiger partial charge in [0.1, 0.15) is 5.82 Å². The van der Waals surface area contributed by atoms with Crippen LogP contribution in [0.4, 0.5) is 11.5 Å². The fourth-order valence-corrected chi connectivity index (χ4v) is 5.13. The standard InChI is InChI=1S/C16H21N3O/c17-14-2-1-13(9-18-14)19-15(20)16-6-10-3-11(7-16)5-12(4-10)8-16/h1-2,9-12H,3-8H2,(H2,17,18)(H,19,20). The molecule has 1 amide bonds. The number of rotatable bonds is 2. The van der Waals surface area contributed by atoms with Crippen LogP contribution in [0.5, 0.6) is 0 Å². The Balaban J connectivity index is 1.54. The van der Waals surface area contributed by atoms with E-state index in [1.54, 1.807) is 12.3 Å². The molecule has 4 aliphatic rings. The van der Waals surface area contributed by atoms with Crippen LogP contribution in [-0.2, 0) is 4.79 Å². The van der Waals surface area contributed by atoms with Gasteiger partial charge >= 0.3 is 0 Å². The maximum absolute atomic E-state index is 12.8. The van der Waals surface area contributed by atoms with Crippen LogP contribution in [0.3, 0.4) is 0 Å². The van der Waals surface area contributed by atoms with Crippen molar-refractivity contribution in [1.29, 1.82) is 0 Å². The zero-order valence-electron chi connectivity index (χ0n) is 11.6. The molecule has 4 heteroatoms. The Morgan fingerprint density at radius 1 is 1.15 bits per heavy atom. The Morgan fingerprint density at radius 2 is 1.75 bits per heavy atom. The molecule has 1 aromatic heterocycles. The Labute approximate surface area is 119 Å². The van der Waals surface area contributed by atoms with Gasteiger partial charge in [0, 0.05) is 0 Å². The van der Waals surface area contributed by atoms with Gasteiger partial charge in [0.2, 0.25) is 5.91 Å². The third-order valence-corrected chi connectivity index (χ3v) is 5.56. The van der Waals surface area contributed by atoms with Gasteiger partial charge in [-0.05, 0) is 68.4 Å². The Bertz CT molecular complexity index is 502. The van der Waals surface area contributed by atoms with Crippen LogP contribution in [0.25, 0.3) is 0 Å². The van der Waals surface area contributed by atoms with E-state index < -0.39 is 0 Å². The number of anilines is 2. The van der Waals surface area contributed by atoms with Crippen LogP contribution in [0.2, 0.25) is 0 Å². The quantitative estimate of drug-likeness (QED) is 0.869. The summed E-state index contributed by atoms with van der Waals surface area (Å²) in [6.45, 7) is 0. The van der Waals surface area contributed by atoms with Crippen molar-refractivity contribution in [2.75, 3.05) is 11.1 Å². The molecule has 0 atom stereocenters. The summed E-state index contributed by atoms with van der Waals surface area (Å²) in [5.41, 5.74) is 6.24. The third-order valence-electron chi connectivity index (χ3n) is 5.56. The molecule has 4 fully saturated rings. The van der Waals surface area contributed by atoms with Crippen LogP contribution >= 0.6 is 0 Å². The first-order valence-electron chi connectivity index (χ1n) is 7.66. The minimum Gasteiger partial charge on any atom is -0.384 e. The average molecular weight is 271 g/mol. The molecule has 4 bridgehead atoms. The van der Waals surface area contributed by atoms with Crippen LogP contribution < -0.4 is 11.1 Å². The molecule has 4 nitrogen and oxygen atoms in total. The normalized spacial score (nSPS) is 37.9. The van der Waals surface area contributed by atoms with Crippen molar-refractivity contribution in [3.63, 3.8) is 0 Å². The second-order valence-corrected chi connectivity index (χ2v) is 7.12. The number of carbonyl (C=O) groups excluding carboxylic acids is 1. The van der Waals surface area contributed by atoms with Gasteiger partial charge in [0.25, 0.3) is 0 Å². The average Bonchev–Trinajstić information content (AvgIpc) is 2.40. The number of amides is 1. The largest absolute Gasteiger partial charge is 0.384 e. The Morgan fingerprint density at radius 3 is 2.25 bits per heavy atom. The Kier molecular flexibility index (Phi) is 2.56. The lowest BCUT2D eigenvalue weighted by molar-refractivity contribution is -0.140. The fraction of sp³-hybridized carbons (Fsp3) is 0.625. The molecule has 0 unspecified atom stereocenters. The molecular weight excluding hydrogens is 250 g/mol. The van der Waals surface area contributed by atoms with Gasteiger partial charge in [0.15, 0.2) is 0 Å². The van der Waals surface area contributed by atoms with Crippen LogP contribution in [0, 0.1) is 23.2 Å². The van der Waals surface area contributed by atoms with Crippen molar-refractivity contribution >= 4 is 17.4 Å². The molecule has 5 rings (SSSR count). The van der Waals surface area contributed by atoms with E-state index in [-0.39, 0.29) is 11.3 Å². The molecule has 1 aromatic rings. The smallest absolute Gasteiger partial charge is 0.230 e. The predicted octanol–water partition coefficient (Wildman–Crippen LogP) is 2.82. The highest BCUT2D eigenvalue weighted by atomic mass is 16.2. The van der Waals surface area contributed by atoms with E-state index >= 15 is 0 Å². The number of carbonyl (C=O) groups is 1. The highest BCUT2D eigenvalue weighted by Crippen LogP contribution is 2.60. The van der Waals surface area contributed by atoms with Crippen molar-refractivity contribution in [3.05, 3.63) is 18.3 Å². The minimum atomic E-state index is -0.101. The van der Waals surface area contributed by atoms with Crippen molar-refractivity contribution in [3.8, 4) is 0 Å². The summed E-state index contributed by atoms with van der Waals surface area (Å²) in [5.74, 6) is 3.06. The van der Waals surface area contributed by atoms with Gasteiger partial charge in [-0.25, -0.2) is 4.98 Å². The third kappa shape index (κ3) is 1.89. The summed E-state index contributed by atoms with van der Waals surface area (Å²) in [7, 11) is 0. The van der Waals surface area contributed by atoms with Gasteiger partial charge < -0.3 is 11.1 Å². The van der Waals surface area contributed by atoms with Gasteiger partial charge in [0.05, 0.1) is 17.3 Å². The summed E-state index contributed by atoms with van der Waals surface area (Å²) in [4.78, 5) is 16.8. The first-order chi connectivity index (χ1) is 9.63. The molecule has 0 spiro atoms. The number of hydrogen-bond donors (Lipinski definition) is 2. The predicted molar refractivity (Wildman–Crippen MR) is 77.9 cm³/mol. The number of aromatic nitrogens is 1. The lowest BCUT2D eigenvalue weighted by atomic mass is 9.49. The van der Waals surface area contributed by atoms with Crippen LogP contribution in [0.15, 0.2) is 18.3 Å².